The normalized spacial score (nSPS) is 14.2. The zero-order chi connectivity index (χ0) is 17.3. The summed E-state index contributed by atoms with van der Waals surface area (Å²) < 4.78 is 39.2. The van der Waals surface area contributed by atoms with E-state index < -0.39 is 17.8 Å². The number of nitrogens with zero attached hydrogens (tertiary/aromatic N) is 1. The number of hydrogen-bond donors (Lipinski definition) is 1. The van der Waals surface area contributed by atoms with Crippen molar-refractivity contribution in [3.63, 3.8) is 0 Å². The van der Waals surface area contributed by atoms with E-state index in [-0.39, 0.29) is 5.69 Å². The number of urea groups is 1. The van der Waals surface area contributed by atoms with Gasteiger partial charge in [0, 0.05) is 12.2 Å². The van der Waals surface area contributed by atoms with Crippen molar-refractivity contribution in [1.29, 1.82) is 0 Å². The van der Waals surface area contributed by atoms with Gasteiger partial charge in [0.1, 0.15) is 0 Å². The highest BCUT2D eigenvalue weighted by Crippen LogP contribution is 2.35. The minimum absolute atomic E-state index is 0.228. The Balaban J connectivity index is 1.88. The molecule has 2 aromatic carbocycles. The molecule has 2 aromatic rings. The summed E-state index contributed by atoms with van der Waals surface area (Å²) in [6.07, 6.45) is -2.87. The Kier molecular flexibility index (Phi) is 4.22. The Morgan fingerprint density at radius 2 is 1.92 bits per heavy atom. The van der Waals surface area contributed by atoms with Crippen molar-refractivity contribution in [2.24, 2.45) is 0 Å². The fourth-order valence-electron chi connectivity index (χ4n) is 2.96. The minimum atomic E-state index is -4.51. The second-order valence-electron chi connectivity index (χ2n) is 5.86. The summed E-state index contributed by atoms with van der Waals surface area (Å²) in [7, 11) is 0. The van der Waals surface area contributed by atoms with Crippen LogP contribution in [0.5, 0.6) is 0 Å². The lowest BCUT2D eigenvalue weighted by Crippen LogP contribution is -2.39. The number of halogens is 3. The van der Waals surface area contributed by atoms with E-state index in [2.05, 4.69) is 5.32 Å². The van der Waals surface area contributed by atoms with Gasteiger partial charge in [-0.1, -0.05) is 29.8 Å². The van der Waals surface area contributed by atoms with Crippen LogP contribution in [0.1, 0.15) is 23.1 Å². The smallest absolute Gasteiger partial charge is 0.307 e. The average molecular weight is 334 g/mol. The van der Waals surface area contributed by atoms with Gasteiger partial charge in [-0.3, -0.25) is 4.90 Å². The highest BCUT2D eigenvalue weighted by atomic mass is 19.4. The standard InChI is InChI=1S/C18H17F3N2O/c1-12-8-9-16-13(11-12)5-4-10-23(16)17(24)22-15-7-3-2-6-14(15)18(19,20)21/h2-3,6-9,11H,4-5,10H2,1H3,(H,22,24). The van der Waals surface area contributed by atoms with Crippen LogP contribution in [0.4, 0.5) is 29.3 Å². The summed E-state index contributed by atoms with van der Waals surface area (Å²) >= 11 is 0. The molecule has 1 heterocycles. The molecule has 0 bridgehead atoms. The first-order chi connectivity index (χ1) is 11.4. The molecule has 3 nitrogen and oxygen atoms in total. The molecule has 0 saturated heterocycles. The predicted octanol–water partition coefficient (Wildman–Crippen LogP) is 5.00. The number of hydrogen-bond acceptors (Lipinski definition) is 1. The Labute approximate surface area is 138 Å². The van der Waals surface area contributed by atoms with E-state index in [0.29, 0.717) is 6.54 Å². The van der Waals surface area contributed by atoms with Crippen LogP contribution < -0.4 is 10.2 Å². The van der Waals surface area contributed by atoms with Gasteiger partial charge in [-0.2, -0.15) is 13.2 Å². The van der Waals surface area contributed by atoms with Gasteiger partial charge in [-0.25, -0.2) is 4.79 Å². The highest BCUT2D eigenvalue weighted by Gasteiger charge is 2.34. The van der Waals surface area contributed by atoms with Crippen LogP contribution in [-0.2, 0) is 12.6 Å². The van der Waals surface area contributed by atoms with Crippen LogP contribution in [0.2, 0.25) is 0 Å². The Morgan fingerprint density at radius 1 is 1.17 bits per heavy atom. The number of alkyl halides is 3. The zero-order valence-corrected chi connectivity index (χ0v) is 13.2. The number of nitrogens with one attached hydrogen (secondary N) is 1. The van der Waals surface area contributed by atoms with E-state index in [4.69, 9.17) is 0 Å². The van der Waals surface area contributed by atoms with Crippen LogP contribution in [0, 0.1) is 6.92 Å². The quantitative estimate of drug-likeness (QED) is 0.782. The first kappa shape index (κ1) is 16.4. The van der Waals surface area contributed by atoms with E-state index in [1.165, 1.54) is 23.1 Å². The number of aryl methyl sites for hydroxylation is 2. The molecule has 2 amide bonds. The molecular formula is C18H17F3N2O. The third-order valence-electron chi connectivity index (χ3n) is 4.07. The molecule has 3 rings (SSSR count). The van der Waals surface area contributed by atoms with Gasteiger partial charge in [0.05, 0.1) is 11.3 Å². The molecule has 6 heteroatoms. The van der Waals surface area contributed by atoms with Crippen LogP contribution in [0.25, 0.3) is 0 Å². The maximum atomic E-state index is 13.1. The number of rotatable bonds is 1. The molecule has 0 aliphatic carbocycles. The van der Waals surface area contributed by atoms with Crippen molar-refractivity contribution in [3.8, 4) is 0 Å². The maximum absolute atomic E-state index is 13.1. The van der Waals surface area contributed by atoms with E-state index in [1.54, 1.807) is 0 Å². The second kappa shape index (κ2) is 6.19. The van der Waals surface area contributed by atoms with Gasteiger partial charge in [0.25, 0.3) is 0 Å². The molecule has 0 atom stereocenters. The third kappa shape index (κ3) is 3.22. The summed E-state index contributed by atoms with van der Waals surface area (Å²) in [5, 5.41) is 2.41. The van der Waals surface area contributed by atoms with Crippen LogP contribution in [0.15, 0.2) is 42.5 Å². The van der Waals surface area contributed by atoms with Crippen molar-refractivity contribution in [3.05, 3.63) is 59.2 Å². The number of carbonyl (C=O) groups excluding carboxylic acids is 1. The molecule has 24 heavy (non-hydrogen) atoms. The summed E-state index contributed by atoms with van der Waals surface area (Å²) in [5.74, 6) is 0. The minimum Gasteiger partial charge on any atom is -0.307 e. The highest BCUT2D eigenvalue weighted by molar-refractivity contribution is 6.03. The van der Waals surface area contributed by atoms with Crippen LogP contribution >= 0.6 is 0 Å². The predicted molar refractivity (Wildman–Crippen MR) is 87.3 cm³/mol. The fraction of sp³-hybridized carbons (Fsp3) is 0.278. The van der Waals surface area contributed by atoms with Crippen molar-refractivity contribution in [2.45, 2.75) is 25.9 Å². The number of amides is 2. The molecule has 126 valence electrons. The van der Waals surface area contributed by atoms with Gasteiger partial charge in [0.15, 0.2) is 0 Å². The van der Waals surface area contributed by atoms with Crippen LogP contribution in [0.3, 0.4) is 0 Å². The van der Waals surface area contributed by atoms with Crippen molar-refractivity contribution in [1.82, 2.24) is 0 Å². The largest absolute Gasteiger partial charge is 0.418 e. The second-order valence-corrected chi connectivity index (χ2v) is 5.86. The molecule has 0 saturated carbocycles. The first-order valence-electron chi connectivity index (χ1n) is 7.70. The van der Waals surface area contributed by atoms with Crippen molar-refractivity contribution < 1.29 is 18.0 Å². The van der Waals surface area contributed by atoms with Gasteiger partial charge in [-0.15, -0.1) is 0 Å². The zero-order valence-electron chi connectivity index (χ0n) is 13.2. The topological polar surface area (TPSA) is 32.3 Å². The van der Waals surface area contributed by atoms with E-state index in [0.717, 1.165) is 35.7 Å². The molecule has 0 unspecified atom stereocenters. The summed E-state index contributed by atoms with van der Waals surface area (Å²) in [6, 6.07) is 10.2. The molecule has 0 spiro atoms. The van der Waals surface area contributed by atoms with Crippen LogP contribution in [-0.4, -0.2) is 12.6 Å². The fourth-order valence-corrected chi connectivity index (χ4v) is 2.96. The molecule has 1 aliphatic rings. The Hall–Kier alpha value is -2.50. The average Bonchev–Trinajstić information content (AvgIpc) is 2.53. The molecule has 0 fully saturated rings. The number of anilines is 2. The summed E-state index contributed by atoms with van der Waals surface area (Å²) in [4.78, 5) is 14.0. The maximum Gasteiger partial charge on any atom is 0.418 e. The van der Waals surface area contributed by atoms with Gasteiger partial charge >= 0.3 is 12.2 Å². The molecule has 0 radical (unpaired) electrons. The third-order valence-corrected chi connectivity index (χ3v) is 4.07. The first-order valence-corrected chi connectivity index (χ1v) is 7.70. The van der Waals surface area contributed by atoms with Crippen molar-refractivity contribution >= 4 is 17.4 Å². The number of carbonyl (C=O) groups is 1. The lowest BCUT2D eigenvalue weighted by atomic mass is 10.00. The van der Waals surface area contributed by atoms with Gasteiger partial charge < -0.3 is 5.32 Å². The van der Waals surface area contributed by atoms with E-state index in [1.807, 2.05) is 25.1 Å². The molecule has 1 N–H and O–H groups in total. The number of para-hydroxylation sites is 1. The Bertz CT molecular complexity index is 771. The lowest BCUT2D eigenvalue weighted by molar-refractivity contribution is -0.136. The molecule has 1 aliphatic heterocycles. The van der Waals surface area contributed by atoms with Gasteiger partial charge in [0.2, 0.25) is 0 Å². The van der Waals surface area contributed by atoms with E-state index in [9.17, 15) is 18.0 Å². The summed E-state index contributed by atoms with van der Waals surface area (Å²) in [6.45, 7) is 2.45. The Morgan fingerprint density at radius 3 is 2.67 bits per heavy atom. The molecule has 0 aromatic heterocycles. The van der Waals surface area contributed by atoms with E-state index >= 15 is 0 Å². The molecular weight excluding hydrogens is 317 g/mol. The monoisotopic (exact) mass is 334 g/mol. The van der Waals surface area contributed by atoms with Crippen molar-refractivity contribution in [2.75, 3.05) is 16.8 Å². The lowest BCUT2D eigenvalue weighted by Gasteiger charge is -2.30. The SMILES string of the molecule is Cc1ccc2c(c1)CCCN2C(=O)Nc1ccccc1C(F)(F)F. The number of benzene rings is 2. The number of fused-ring (bicyclic) bond motifs is 1. The summed E-state index contributed by atoms with van der Waals surface area (Å²) in [5.41, 5.74) is 1.82. The van der Waals surface area contributed by atoms with Gasteiger partial charge in [-0.05, 0) is 43.5 Å².